The number of hydrogen-bond donors (Lipinski definition) is 2. The average molecular weight is 280 g/mol. The molecule has 1 aromatic rings. The highest BCUT2D eigenvalue weighted by molar-refractivity contribution is 5.77. The first-order valence-electron chi connectivity index (χ1n) is 7.09. The van der Waals surface area contributed by atoms with Crippen molar-refractivity contribution in [1.82, 2.24) is 20.0 Å². The molecule has 0 bridgehead atoms. The number of rotatable bonds is 7. The molecular weight excluding hydrogens is 252 g/mol. The van der Waals surface area contributed by atoms with Gasteiger partial charge in [0, 0.05) is 25.4 Å². The third kappa shape index (κ3) is 5.61. The molecule has 0 amide bonds. The third-order valence-electron chi connectivity index (χ3n) is 3.20. The van der Waals surface area contributed by atoms with Crippen LogP contribution in [0.3, 0.4) is 0 Å². The molecule has 1 unspecified atom stereocenters. The highest BCUT2D eigenvalue weighted by Gasteiger charge is 2.15. The predicted octanol–water partition coefficient (Wildman–Crippen LogP) is 0.973. The summed E-state index contributed by atoms with van der Waals surface area (Å²) in [4.78, 5) is 6.56. The van der Waals surface area contributed by atoms with Crippen LogP contribution < -0.4 is 11.1 Å². The molecule has 0 spiro atoms. The molecule has 1 atom stereocenters. The molecule has 0 saturated carbocycles. The Balaban J connectivity index is 2.54. The van der Waals surface area contributed by atoms with Crippen molar-refractivity contribution < 1.29 is 0 Å². The normalized spacial score (nSPS) is 14.1. The van der Waals surface area contributed by atoms with E-state index in [9.17, 15) is 0 Å². The van der Waals surface area contributed by atoms with Crippen molar-refractivity contribution in [2.75, 3.05) is 27.2 Å². The van der Waals surface area contributed by atoms with Crippen LogP contribution >= 0.6 is 0 Å². The molecule has 0 aliphatic rings. The van der Waals surface area contributed by atoms with Gasteiger partial charge in [0.25, 0.3) is 0 Å². The summed E-state index contributed by atoms with van der Waals surface area (Å²) in [6.07, 6.45) is 4.99. The first kappa shape index (κ1) is 16.5. The Morgan fingerprint density at radius 3 is 2.70 bits per heavy atom. The second-order valence-corrected chi connectivity index (χ2v) is 5.76. The molecule has 114 valence electrons. The van der Waals surface area contributed by atoms with Crippen molar-refractivity contribution >= 4 is 5.96 Å². The van der Waals surface area contributed by atoms with Gasteiger partial charge in [0.2, 0.25) is 0 Å². The summed E-state index contributed by atoms with van der Waals surface area (Å²) in [7, 11) is 5.99. The van der Waals surface area contributed by atoms with Gasteiger partial charge in [-0.05, 0) is 26.4 Å². The Hall–Kier alpha value is -1.56. The van der Waals surface area contributed by atoms with Crippen molar-refractivity contribution in [3.05, 3.63) is 18.0 Å². The van der Waals surface area contributed by atoms with Gasteiger partial charge >= 0.3 is 0 Å². The Labute approximate surface area is 122 Å². The van der Waals surface area contributed by atoms with E-state index >= 15 is 0 Å². The summed E-state index contributed by atoms with van der Waals surface area (Å²) in [5.41, 5.74) is 7.04. The highest BCUT2D eigenvalue weighted by Crippen LogP contribution is 2.17. The van der Waals surface area contributed by atoms with Crippen molar-refractivity contribution in [3.63, 3.8) is 0 Å². The molecule has 0 fully saturated rings. The zero-order valence-electron chi connectivity index (χ0n) is 13.3. The van der Waals surface area contributed by atoms with Crippen LogP contribution in [0.15, 0.2) is 17.4 Å². The molecule has 0 aliphatic heterocycles. The lowest BCUT2D eigenvalue weighted by Crippen LogP contribution is -2.34. The molecule has 1 heterocycles. The summed E-state index contributed by atoms with van der Waals surface area (Å²) in [5.74, 6) is 1.18. The third-order valence-corrected chi connectivity index (χ3v) is 3.20. The van der Waals surface area contributed by atoms with Crippen LogP contribution in [-0.2, 0) is 7.05 Å². The monoisotopic (exact) mass is 280 g/mol. The molecule has 0 saturated heterocycles. The predicted molar refractivity (Wildman–Crippen MR) is 83.6 cm³/mol. The van der Waals surface area contributed by atoms with Crippen molar-refractivity contribution in [3.8, 4) is 0 Å². The zero-order chi connectivity index (χ0) is 15.1. The summed E-state index contributed by atoms with van der Waals surface area (Å²) >= 11 is 0. The minimum atomic E-state index is 0.189. The fourth-order valence-corrected chi connectivity index (χ4v) is 1.91. The van der Waals surface area contributed by atoms with E-state index in [1.165, 1.54) is 0 Å². The van der Waals surface area contributed by atoms with E-state index in [4.69, 9.17) is 5.73 Å². The topological polar surface area (TPSA) is 71.5 Å². The van der Waals surface area contributed by atoms with Crippen LogP contribution in [0.25, 0.3) is 0 Å². The number of aliphatic imine (C=N–C) groups is 1. The van der Waals surface area contributed by atoms with E-state index in [0.29, 0.717) is 18.4 Å². The van der Waals surface area contributed by atoms with Crippen molar-refractivity contribution in [1.29, 1.82) is 0 Å². The molecule has 6 nitrogen and oxygen atoms in total. The van der Waals surface area contributed by atoms with Gasteiger partial charge in [0.1, 0.15) is 0 Å². The van der Waals surface area contributed by atoms with E-state index in [1.54, 1.807) is 4.68 Å². The Bertz CT molecular complexity index is 421. The first-order chi connectivity index (χ1) is 9.40. The number of aryl methyl sites for hydroxylation is 1. The van der Waals surface area contributed by atoms with Gasteiger partial charge in [0.15, 0.2) is 5.96 Å². The maximum absolute atomic E-state index is 5.89. The van der Waals surface area contributed by atoms with Gasteiger partial charge in [-0.2, -0.15) is 5.10 Å². The fraction of sp³-hybridized carbons (Fsp3) is 0.714. The van der Waals surface area contributed by atoms with Crippen LogP contribution in [0.5, 0.6) is 0 Å². The standard InChI is InChI=1S/C14H28N6/c1-11(2)6-7-16-14(15)17-9-13(19(3)4)12-8-18-20(5)10-12/h8,10-11,13H,6-7,9H2,1-5H3,(H3,15,16,17). The number of aromatic nitrogens is 2. The molecule has 1 aromatic heterocycles. The van der Waals surface area contributed by atoms with Gasteiger partial charge in [0.05, 0.1) is 18.8 Å². The molecule has 3 N–H and O–H groups in total. The Morgan fingerprint density at radius 2 is 2.20 bits per heavy atom. The maximum atomic E-state index is 5.89. The van der Waals surface area contributed by atoms with Gasteiger partial charge in [-0.1, -0.05) is 13.8 Å². The van der Waals surface area contributed by atoms with Gasteiger partial charge in [-0.3, -0.25) is 9.67 Å². The zero-order valence-corrected chi connectivity index (χ0v) is 13.3. The molecule has 0 aliphatic carbocycles. The molecule has 20 heavy (non-hydrogen) atoms. The number of likely N-dealkylation sites (N-methyl/N-ethyl adjacent to an activating group) is 1. The molecule has 0 aromatic carbocycles. The van der Waals surface area contributed by atoms with Gasteiger partial charge in [-0.15, -0.1) is 0 Å². The van der Waals surface area contributed by atoms with E-state index in [-0.39, 0.29) is 6.04 Å². The van der Waals surface area contributed by atoms with Crippen LogP contribution in [0.2, 0.25) is 0 Å². The summed E-state index contributed by atoms with van der Waals surface area (Å²) < 4.78 is 1.81. The van der Waals surface area contributed by atoms with Crippen LogP contribution in [-0.4, -0.2) is 47.8 Å². The Kier molecular flexibility index (Phi) is 6.51. The van der Waals surface area contributed by atoms with Gasteiger partial charge in [-0.25, -0.2) is 0 Å². The average Bonchev–Trinajstić information content (AvgIpc) is 2.75. The Morgan fingerprint density at radius 1 is 1.50 bits per heavy atom. The summed E-state index contributed by atoms with van der Waals surface area (Å²) in [6, 6.07) is 0.189. The molecular formula is C14H28N6. The SMILES string of the molecule is CC(C)CCNC(N)=NCC(c1cnn(C)c1)N(C)C. The largest absolute Gasteiger partial charge is 0.370 e. The number of guanidine groups is 1. The second kappa shape index (κ2) is 7.89. The fourth-order valence-electron chi connectivity index (χ4n) is 1.91. The molecule has 1 rings (SSSR count). The lowest BCUT2D eigenvalue weighted by Gasteiger charge is -2.21. The van der Waals surface area contributed by atoms with E-state index < -0.39 is 0 Å². The number of nitrogens with one attached hydrogen (secondary N) is 1. The summed E-state index contributed by atoms with van der Waals surface area (Å²) in [6.45, 7) is 5.88. The van der Waals surface area contributed by atoms with Crippen LogP contribution in [0.4, 0.5) is 0 Å². The van der Waals surface area contributed by atoms with Crippen molar-refractivity contribution in [2.24, 2.45) is 23.7 Å². The van der Waals surface area contributed by atoms with E-state index in [1.807, 2.05) is 33.5 Å². The number of hydrogen-bond acceptors (Lipinski definition) is 3. The van der Waals surface area contributed by atoms with E-state index in [2.05, 4.69) is 34.2 Å². The minimum Gasteiger partial charge on any atom is -0.370 e. The quantitative estimate of drug-likeness (QED) is 0.577. The van der Waals surface area contributed by atoms with Crippen LogP contribution in [0.1, 0.15) is 31.9 Å². The summed E-state index contributed by atoms with van der Waals surface area (Å²) in [5, 5.41) is 7.36. The molecule has 0 radical (unpaired) electrons. The first-order valence-corrected chi connectivity index (χ1v) is 7.09. The smallest absolute Gasteiger partial charge is 0.188 e. The lowest BCUT2D eigenvalue weighted by molar-refractivity contribution is 0.306. The minimum absolute atomic E-state index is 0.189. The number of nitrogens with zero attached hydrogens (tertiary/aromatic N) is 4. The van der Waals surface area contributed by atoms with E-state index in [0.717, 1.165) is 18.5 Å². The van der Waals surface area contributed by atoms with Crippen LogP contribution in [0, 0.1) is 5.92 Å². The molecule has 6 heteroatoms. The lowest BCUT2D eigenvalue weighted by atomic mass is 10.1. The number of nitrogens with two attached hydrogens (primary N) is 1. The van der Waals surface area contributed by atoms with Crippen molar-refractivity contribution in [2.45, 2.75) is 26.3 Å². The maximum Gasteiger partial charge on any atom is 0.188 e. The van der Waals surface area contributed by atoms with Gasteiger partial charge < -0.3 is 16.0 Å². The second-order valence-electron chi connectivity index (χ2n) is 5.76. The highest BCUT2D eigenvalue weighted by atomic mass is 15.2.